The molecule has 0 aliphatic heterocycles. The number of sulfone groups is 1. The number of benzene rings is 3. The molecule has 6 heteroatoms. The summed E-state index contributed by atoms with van der Waals surface area (Å²) < 4.78 is 25.7. The molecular formula is C22H18Cl2O3S. The molecule has 0 unspecified atom stereocenters. The molecule has 0 amide bonds. The van der Waals surface area contributed by atoms with E-state index in [0.717, 1.165) is 29.5 Å². The van der Waals surface area contributed by atoms with Gasteiger partial charge in [-0.1, -0.05) is 65.7 Å². The van der Waals surface area contributed by atoms with Crippen molar-refractivity contribution in [3.05, 3.63) is 87.9 Å². The van der Waals surface area contributed by atoms with Crippen molar-refractivity contribution in [2.75, 3.05) is 0 Å². The maximum atomic E-state index is 12.8. The summed E-state index contributed by atoms with van der Waals surface area (Å²) in [7, 11) is -3.51. The molecule has 0 spiro atoms. The molecule has 1 fully saturated rings. The predicted octanol–water partition coefficient (Wildman–Crippen LogP) is 5.62. The van der Waals surface area contributed by atoms with Crippen molar-refractivity contribution in [3.63, 3.8) is 0 Å². The van der Waals surface area contributed by atoms with E-state index in [-0.39, 0.29) is 10.6 Å². The van der Waals surface area contributed by atoms with Crippen LogP contribution in [0.15, 0.2) is 71.6 Å². The predicted molar refractivity (Wildman–Crippen MR) is 112 cm³/mol. The van der Waals surface area contributed by atoms with E-state index in [1.54, 1.807) is 54.6 Å². The fraction of sp³-hybridized carbons (Fsp3) is 0.182. The Morgan fingerprint density at radius 1 is 0.929 bits per heavy atom. The zero-order valence-corrected chi connectivity index (χ0v) is 17.2. The lowest BCUT2D eigenvalue weighted by Crippen LogP contribution is -2.08. The first kappa shape index (κ1) is 19.5. The van der Waals surface area contributed by atoms with Crippen LogP contribution in [0.25, 0.3) is 11.1 Å². The van der Waals surface area contributed by atoms with Crippen molar-refractivity contribution in [1.82, 2.24) is 0 Å². The smallest absolute Gasteiger partial charge is 0.182 e. The minimum Gasteiger partial charge on any atom is -0.385 e. The molecule has 1 N–H and O–H groups in total. The summed E-state index contributed by atoms with van der Waals surface area (Å²) in [5.41, 5.74) is 2.29. The van der Waals surface area contributed by atoms with Crippen LogP contribution in [-0.2, 0) is 21.2 Å². The first-order valence-corrected chi connectivity index (χ1v) is 11.3. The summed E-state index contributed by atoms with van der Waals surface area (Å²) in [4.78, 5) is 0.247. The van der Waals surface area contributed by atoms with E-state index >= 15 is 0 Å². The van der Waals surface area contributed by atoms with Crippen LogP contribution in [0.4, 0.5) is 0 Å². The molecule has 0 aromatic heterocycles. The minimum atomic E-state index is -3.51. The first-order valence-electron chi connectivity index (χ1n) is 8.87. The van der Waals surface area contributed by atoms with E-state index in [1.165, 1.54) is 0 Å². The minimum absolute atomic E-state index is 0.113. The largest absolute Gasteiger partial charge is 0.385 e. The van der Waals surface area contributed by atoms with Crippen LogP contribution in [0.3, 0.4) is 0 Å². The highest BCUT2D eigenvalue weighted by Gasteiger charge is 2.42. The molecule has 0 saturated heterocycles. The van der Waals surface area contributed by atoms with Gasteiger partial charge in [-0.25, -0.2) is 8.42 Å². The van der Waals surface area contributed by atoms with Gasteiger partial charge in [-0.3, -0.25) is 0 Å². The standard InChI is InChI=1S/C22H18Cl2O3S/c23-18-6-9-20(21(24)13-18)16-4-7-19(8-5-16)28(26,27)14-15-2-1-3-17(12-15)22(25)10-11-22/h1-9,12-13,25H,10-11,14H2. The summed E-state index contributed by atoms with van der Waals surface area (Å²) in [6, 6.07) is 19.1. The molecule has 1 saturated carbocycles. The van der Waals surface area contributed by atoms with Crippen molar-refractivity contribution in [2.24, 2.45) is 0 Å². The molecule has 0 bridgehead atoms. The molecule has 3 aromatic carbocycles. The highest BCUT2D eigenvalue weighted by Crippen LogP contribution is 2.45. The lowest BCUT2D eigenvalue weighted by Gasteiger charge is -2.11. The second-order valence-corrected chi connectivity index (χ2v) is 9.97. The number of hydrogen-bond acceptors (Lipinski definition) is 3. The van der Waals surface area contributed by atoms with Crippen molar-refractivity contribution < 1.29 is 13.5 Å². The number of halogens is 2. The molecule has 0 atom stereocenters. The Morgan fingerprint density at radius 2 is 1.64 bits per heavy atom. The number of hydrogen-bond donors (Lipinski definition) is 1. The summed E-state index contributed by atoms with van der Waals surface area (Å²) >= 11 is 12.2. The number of aliphatic hydroxyl groups is 1. The molecule has 3 aromatic rings. The van der Waals surface area contributed by atoms with E-state index in [2.05, 4.69) is 0 Å². The molecular weight excluding hydrogens is 415 g/mol. The quantitative estimate of drug-likeness (QED) is 0.569. The van der Waals surface area contributed by atoms with Gasteiger partial charge in [-0.15, -0.1) is 0 Å². The van der Waals surface area contributed by atoms with Gasteiger partial charge in [0.2, 0.25) is 0 Å². The van der Waals surface area contributed by atoms with E-state index in [0.29, 0.717) is 15.6 Å². The highest BCUT2D eigenvalue weighted by molar-refractivity contribution is 7.90. The molecule has 28 heavy (non-hydrogen) atoms. The topological polar surface area (TPSA) is 54.4 Å². The summed E-state index contributed by atoms with van der Waals surface area (Å²) in [5.74, 6) is -0.113. The maximum absolute atomic E-state index is 12.8. The van der Waals surface area contributed by atoms with Crippen LogP contribution >= 0.6 is 23.2 Å². The van der Waals surface area contributed by atoms with Crippen LogP contribution in [0.1, 0.15) is 24.0 Å². The molecule has 1 aliphatic rings. The average Bonchev–Trinajstić information content (AvgIpc) is 3.41. The highest BCUT2D eigenvalue weighted by atomic mass is 35.5. The third-order valence-electron chi connectivity index (χ3n) is 5.00. The van der Waals surface area contributed by atoms with E-state index in [4.69, 9.17) is 23.2 Å². The summed E-state index contributed by atoms with van der Waals surface area (Å²) in [6.07, 6.45) is 1.44. The fourth-order valence-electron chi connectivity index (χ4n) is 3.23. The van der Waals surface area contributed by atoms with Crippen LogP contribution < -0.4 is 0 Å². The van der Waals surface area contributed by atoms with Gasteiger partial charge < -0.3 is 5.11 Å². The lowest BCUT2D eigenvalue weighted by molar-refractivity contribution is 0.151. The molecule has 1 aliphatic carbocycles. The van der Waals surface area contributed by atoms with Crippen molar-refractivity contribution in [1.29, 1.82) is 0 Å². The average molecular weight is 433 g/mol. The fourth-order valence-corrected chi connectivity index (χ4v) is 5.08. The van der Waals surface area contributed by atoms with Gasteiger partial charge in [-0.05, 0) is 53.8 Å². The van der Waals surface area contributed by atoms with Crippen molar-refractivity contribution >= 4 is 33.0 Å². The van der Waals surface area contributed by atoms with Crippen LogP contribution in [0, 0.1) is 0 Å². The molecule has 0 radical (unpaired) electrons. The SMILES string of the molecule is O=S(=O)(Cc1cccc(C2(O)CC2)c1)c1ccc(-c2ccc(Cl)cc2Cl)cc1. The Balaban J connectivity index is 1.58. The van der Waals surface area contributed by atoms with Crippen LogP contribution in [-0.4, -0.2) is 13.5 Å². The zero-order chi connectivity index (χ0) is 19.9. The Labute approximate surface area is 174 Å². The first-order chi connectivity index (χ1) is 13.3. The third kappa shape index (κ3) is 3.96. The lowest BCUT2D eigenvalue weighted by atomic mass is 10.1. The Kier molecular flexibility index (Phi) is 5.00. The second kappa shape index (κ2) is 7.20. The normalized spacial score (nSPS) is 15.4. The monoisotopic (exact) mass is 432 g/mol. The Hall–Kier alpha value is -1.85. The zero-order valence-electron chi connectivity index (χ0n) is 14.9. The molecule has 3 nitrogen and oxygen atoms in total. The molecule has 144 valence electrons. The van der Waals surface area contributed by atoms with Gasteiger partial charge >= 0.3 is 0 Å². The van der Waals surface area contributed by atoms with Gasteiger partial charge in [0.15, 0.2) is 9.84 Å². The van der Waals surface area contributed by atoms with Crippen LogP contribution in [0.5, 0.6) is 0 Å². The third-order valence-corrected chi connectivity index (χ3v) is 7.25. The van der Waals surface area contributed by atoms with Gasteiger partial charge in [0.1, 0.15) is 0 Å². The second-order valence-electron chi connectivity index (χ2n) is 7.14. The molecule has 4 rings (SSSR count). The Bertz CT molecular complexity index is 1130. The van der Waals surface area contributed by atoms with Gasteiger partial charge in [0.25, 0.3) is 0 Å². The maximum Gasteiger partial charge on any atom is 0.182 e. The van der Waals surface area contributed by atoms with Crippen LogP contribution in [0.2, 0.25) is 10.0 Å². The van der Waals surface area contributed by atoms with Crippen molar-refractivity contribution in [2.45, 2.75) is 29.1 Å². The van der Waals surface area contributed by atoms with E-state index in [1.807, 2.05) is 12.1 Å². The van der Waals surface area contributed by atoms with E-state index < -0.39 is 15.4 Å². The van der Waals surface area contributed by atoms with E-state index in [9.17, 15) is 13.5 Å². The van der Waals surface area contributed by atoms with Gasteiger partial charge in [-0.2, -0.15) is 0 Å². The molecule has 0 heterocycles. The van der Waals surface area contributed by atoms with Gasteiger partial charge in [0, 0.05) is 15.6 Å². The summed E-state index contributed by atoms with van der Waals surface area (Å²) in [5, 5.41) is 11.3. The van der Waals surface area contributed by atoms with Gasteiger partial charge in [0.05, 0.1) is 16.2 Å². The Morgan fingerprint density at radius 3 is 2.29 bits per heavy atom. The summed E-state index contributed by atoms with van der Waals surface area (Å²) in [6.45, 7) is 0. The van der Waals surface area contributed by atoms with Crippen molar-refractivity contribution in [3.8, 4) is 11.1 Å². The number of rotatable bonds is 5.